The Morgan fingerprint density at radius 3 is 2.42 bits per heavy atom. The molecule has 1 atom stereocenters. The van der Waals surface area contributed by atoms with E-state index in [2.05, 4.69) is 16.6 Å². The number of fused-ring (bicyclic) bond motifs is 3. The highest BCUT2D eigenvalue weighted by Gasteiger charge is 2.21. The number of benzene rings is 3. The van der Waals surface area contributed by atoms with Crippen molar-refractivity contribution in [3.63, 3.8) is 0 Å². The van der Waals surface area contributed by atoms with Gasteiger partial charge >= 0.3 is 0 Å². The third kappa shape index (κ3) is 6.23. The first-order valence-corrected chi connectivity index (χ1v) is 13.9. The third-order valence-electron chi connectivity index (χ3n) is 6.23. The lowest BCUT2D eigenvalue weighted by Gasteiger charge is -2.09. The van der Waals surface area contributed by atoms with Gasteiger partial charge in [-0.05, 0) is 36.4 Å². The largest absolute Gasteiger partial charge is 0.363 e. The average Bonchev–Trinajstić information content (AvgIpc) is 3.23. The van der Waals surface area contributed by atoms with E-state index in [9.17, 15) is 20.0 Å². The zero-order valence-corrected chi connectivity index (χ0v) is 22.3. The molecule has 1 aromatic heterocycles. The second-order valence-corrected chi connectivity index (χ2v) is 10.2. The molecule has 1 unspecified atom stereocenters. The number of carbonyl (C=O) groups excluding carboxylic acids is 1. The van der Waals surface area contributed by atoms with Crippen molar-refractivity contribution >= 4 is 50.8 Å². The maximum absolute atomic E-state index is 13.6. The van der Waals surface area contributed by atoms with Crippen LogP contribution in [-0.2, 0) is 11.4 Å². The molecular weight excluding hydrogens is 502 g/mol. The number of non-ortho nitro benzene ring substituents is 1. The number of unbranched alkanes of at least 4 members (excludes halogenated alkanes) is 2. The van der Waals surface area contributed by atoms with Crippen molar-refractivity contribution in [3.05, 3.63) is 88.0 Å². The minimum Gasteiger partial charge on any atom is -0.363 e. The molecule has 0 aliphatic rings. The zero-order valence-electron chi connectivity index (χ0n) is 21.5. The van der Waals surface area contributed by atoms with Crippen molar-refractivity contribution in [1.29, 1.82) is 0 Å². The summed E-state index contributed by atoms with van der Waals surface area (Å²) in [6, 6.07) is 19.1. The Balaban J connectivity index is 1.76. The second-order valence-electron chi connectivity index (χ2n) is 9.00. The van der Waals surface area contributed by atoms with Gasteiger partial charge in [-0.15, -0.1) is 0 Å². The Morgan fingerprint density at radius 1 is 1.03 bits per heavy atom. The Kier molecular flexibility index (Phi) is 9.15. The van der Waals surface area contributed by atoms with Gasteiger partial charge in [0.25, 0.3) is 5.69 Å². The number of ketones is 1. The van der Waals surface area contributed by atoms with Gasteiger partial charge in [-0.3, -0.25) is 14.9 Å². The Morgan fingerprint density at radius 2 is 1.74 bits per heavy atom. The predicted octanol–water partition coefficient (Wildman–Crippen LogP) is 6.57. The van der Waals surface area contributed by atoms with Gasteiger partial charge in [0, 0.05) is 64.3 Å². The molecule has 0 amide bonds. The first-order valence-electron chi connectivity index (χ1n) is 12.7. The summed E-state index contributed by atoms with van der Waals surface area (Å²) in [4.78, 5) is 29.7. The molecule has 198 valence electrons. The minimum atomic E-state index is -1.18. The molecule has 0 aliphatic carbocycles. The number of nitrogens with zero attached hydrogens (tertiary/aromatic N) is 3. The highest BCUT2D eigenvalue weighted by Crippen LogP contribution is 2.33. The molecule has 4 rings (SSSR count). The molecule has 0 saturated heterocycles. The van der Waals surface area contributed by atoms with Crippen molar-refractivity contribution < 1.29 is 19.7 Å². The average molecular weight is 534 g/mol. The van der Waals surface area contributed by atoms with Gasteiger partial charge in [-0.2, -0.15) is 11.8 Å². The van der Waals surface area contributed by atoms with Crippen molar-refractivity contribution in [1.82, 2.24) is 4.57 Å². The Labute approximate surface area is 225 Å². The van der Waals surface area contributed by atoms with E-state index < -0.39 is 11.2 Å². The fraction of sp³-hybridized carbons (Fsp3) is 0.310. The van der Waals surface area contributed by atoms with Gasteiger partial charge in [0.2, 0.25) is 12.1 Å². The number of thioether (sulfide) groups is 1. The third-order valence-corrected chi connectivity index (χ3v) is 7.28. The molecule has 0 aliphatic heterocycles. The number of carbonyl (C=O) groups is 1. The summed E-state index contributed by atoms with van der Waals surface area (Å²) < 4.78 is 2.16. The summed E-state index contributed by atoms with van der Waals surface area (Å²) in [7, 11) is 0. The molecule has 0 radical (unpaired) electrons. The van der Waals surface area contributed by atoms with Crippen LogP contribution in [0.25, 0.3) is 21.8 Å². The number of hydrogen-bond acceptors (Lipinski definition) is 7. The van der Waals surface area contributed by atoms with E-state index in [1.165, 1.54) is 32.3 Å². The van der Waals surface area contributed by atoms with Gasteiger partial charge < -0.3 is 14.5 Å². The van der Waals surface area contributed by atoms with E-state index in [4.69, 9.17) is 4.84 Å². The van der Waals surface area contributed by atoms with E-state index in [0.717, 1.165) is 39.9 Å². The maximum Gasteiger partial charge on any atom is 0.270 e. The zero-order chi connectivity index (χ0) is 27.1. The number of aliphatic hydroxyl groups is 1. The quantitative estimate of drug-likeness (QED) is 0.0520. The SMILES string of the molecule is CCCCCSCCn1c2ccc(C(=O)/C(=N/OC(C)O)c3ccccc3)cc2c2cc([N+](=O)[O-])ccc21. The van der Waals surface area contributed by atoms with E-state index in [0.29, 0.717) is 11.1 Å². The summed E-state index contributed by atoms with van der Waals surface area (Å²) in [6.45, 7) is 4.35. The summed E-state index contributed by atoms with van der Waals surface area (Å²) in [5, 5.41) is 26.5. The minimum absolute atomic E-state index is 0.000842. The normalized spacial score (nSPS) is 12.7. The topological polar surface area (TPSA) is 107 Å². The van der Waals surface area contributed by atoms with Crippen LogP contribution in [0.4, 0.5) is 5.69 Å². The second kappa shape index (κ2) is 12.7. The predicted molar refractivity (Wildman–Crippen MR) is 153 cm³/mol. The molecule has 1 heterocycles. The first-order chi connectivity index (χ1) is 18.4. The van der Waals surface area contributed by atoms with Gasteiger partial charge in [-0.1, -0.05) is 55.3 Å². The van der Waals surface area contributed by atoms with E-state index in [-0.39, 0.29) is 17.2 Å². The van der Waals surface area contributed by atoms with Crippen LogP contribution in [-0.4, -0.2) is 43.9 Å². The summed E-state index contributed by atoms with van der Waals surface area (Å²) in [6.07, 6.45) is 2.42. The Bertz CT molecular complexity index is 1460. The molecule has 38 heavy (non-hydrogen) atoms. The molecule has 0 saturated carbocycles. The van der Waals surface area contributed by atoms with Crippen LogP contribution < -0.4 is 0 Å². The number of rotatable bonds is 13. The van der Waals surface area contributed by atoms with Crippen LogP contribution in [0.2, 0.25) is 0 Å². The summed E-state index contributed by atoms with van der Waals surface area (Å²) >= 11 is 1.90. The molecule has 0 fully saturated rings. The van der Waals surface area contributed by atoms with Gasteiger partial charge in [0.05, 0.1) is 4.92 Å². The summed E-state index contributed by atoms with van der Waals surface area (Å²) in [5.41, 5.74) is 2.77. The van der Waals surface area contributed by atoms with Crippen molar-refractivity contribution in [2.75, 3.05) is 11.5 Å². The van der Waals surface area contributed by atoms with Gasteiger partial charge in [-0.25, -0.2) is 0 Å². The fourth-order valence-electron chi connectivity index (χ4n) is 4.39. The number of nitro benzene ring substituents is 1. The van der Waals surface area contributed by atoms with Crippen molar-refractivity contribution in [2.45, 2.75) is 45.9 Å². The van der Waals surface area contributed by atoms with E-state index >= 15 is 0 Å². The summed E-state index contributed by atoms with van der Waals surface area (Å²) in [5.74, 6) is 1.64. The molecule has 1 N–H and O–H groups in total. The van der Waals surface area contributed by atoms with Crippen LogP contribution >= 0.6 is 11.8 Å². The highest BCUT2D eigenvalue weighted by atomic mass is 32.2. The molecule has 4 aromatic rings. The number of hydrogen-bond donors (Lipinski definition) is 1. The molecule has 3 aromatic carbocycles. The number of aromatic nitrogens is 1. The fourth-order valence-corrected chi connectivity index (χ4v) is 5.31. The molecule has 0 spiro atoms. The van der Waals surface area contributed by atoms with Crippen molar-refractivity contribution in [2.24, 2.45) is 5.16 Å². The lowest BCUT2D eigenvalue weighted by molar-refractivity contribution is -0.384. The van der Waals surface area contributed by atoms with E-state index in [1.54, 1.807) is 48.5 Å². The number of oxime groups is 1. The maximum atomic E-state index is 13.6. The standard InChI is InChI=1S/C29H31N3O5S/c1-3-4-8-16-38-17-15-31-26-13-11-22(18-24(26)25-19-23(32(35)36)12-14-27(25)31)29(34)28(30-37-20(2)33)21-9-6-5-7-10-21/h5-7,9-14,18-20,33H,3-4,8,15-17H2,1-2H3/b30-28+. The number of nitro groups is 1. The van der Waals surface area contributed by atoms with E-state index in [1.807, 2.05) is 23.9 Å². The van der Waals surface area contributed by atoms with Crippen LogP contribution in [0.15, 0.2) is 71.9 Å². The lowest BCUT2D eigenvalue weighted by atomic mass is 9.99. The van der Waals surface area contributed by atoms with Gasteiger partial charge in [0.1, 0.15) is 0 Å². The number of aliphatic hydroxyl groups excluding tert-OH is 1. The Hall–Kier alpha value is -3.69. The smallest absolute Gasteiger partial charge is 0.270 e. The van der Waals surface area contributed by atoms with Crippen LogP contribution in [0.5, 0.6) is 0 Å². The molecule has 9 heteroatoms. The monoisotopic (exact) mass is 533 g/mol. The first kappa shape index (κ1) is 27.3. The lowest BCUT2D eigenvalue weighted by Crippen LogP contribution is -2.18. The molecular formula is C29H31N3O5S. The number of aryl methyl sites for hydroxylation is 1. The van der Waals surface area contributed by atoms with Crippen LogP contribution in [0.1, 0.15) is 49.0 Å². The van der Waals surface area contributed by atoms with Crippen LogP contribution in [0.3, 0.4) is 0 Å². The highest BCUT2D eigenvalue weighted by molar-refractivity contribution is 7.99. The van der Waals surface area contributed by atoms with Crippen molar-refractivity contribution in [3.8, 4) is 0 Å². The molecule has 0 bridgehead atoms. The van der Waals surface area contributed by atoms with Gasteiger partial charge in [0.15, 0.2) is 5.71 Å². The number of Topliss-reactive ketones (excluding diaryl/α,β-unsaturated/α-hetero) is 1. The van der Waals surface area contributed by atoms with Crippen LogP contribution in [0, 0.1) is 10.1 Å². The molecule has 8 nitrogen and oxygen atoms in total.